The number of rotatable bonds is 4. The highest BCUT2D eigenvalue weighted by atomic mass is 79.9. The fourth-order valence-corrected chi connectivity index (χ4v) is 3.39. The monoisotopic (exact) mass is 398 g/mol. The van der Waals surface area contributed by atoms with E-state index in [4.69, 9.17) is 11.6 Å². The fraction of sp³-hybridized carbons (Fsp3) is 0.308. The molecule has 1 aromatic heterocycles. The summed E-state index contributed by atoms with van der Waals surface area (Å²) in [5.41, 5.74) is 0.779. The van der Waals surface area contributed by atoms with Crippen molar-refractivity contribution in [1.82, 2.24) is 10.3 Å². The zero-order valence-electron chi connectivity index (χ0n) is 10.8. The van der Waals surface area contributed by atoms with Gasteiger partial charge in [0.1, 0.15) is 0 Å². The van der Waals surface area contributed by atoms with Crippen molar-refractivity contribution in [1.29, 1.82) is 0 Å². The van der Waals surface area contributed by atoms with Gasteiger partial charge in [-0.25, -0.2) is 4.98 Å². The Morgan fingerprint density at radius 3 is 2.71 bits per heavy atom. The van der Waals surface area contributed by atoms with Gasteiger partial charge in [0.2, 0.25) is 0 Å². The van der Waals surface area contributed by atoms with Crippen molar-refractivity contribution in [2.24, 2.45) is 0 Å². The molecule has 21 heavy (non-hydrogen) atoms. The molecule has 2 aromatic rings. The minimum Gasteiger partial charge on any atom is -0.306 e. The molecule has 0 saturated heterocycles. The van der Waals surface area contributed by atoms with E-state index in [2.05, 4.69) is 26.2 Å². The summed E-state index contributed by atoms with van der Waals surface area (Å²) < 4.78 is 38.9. The Morgan fingerprint density at radius 1 is 1.43 bits per heavy atom. The standard InChI is InChI=1S/C13H11BrClF3N2S/c1-2-19-11(8-5-7(15)3-4-9(8)14)10-6-20-12(21-10)13(16,17)18/h3-6,11,19H,2H2,1H3. The van der Waals surface area contributed by atoms with E-state index in [-0.39, 0.29) is 0 Å². The fourth-order valence-electron chi connectivity index (χ4n) is 1.85. The van der Waals surface area contributed by atoms with Crippen molar-refractivity contribution in [3.05, 3.63) is 49.3 Å². The van der Waals surface area contributed by atoms with Crippen molar-refractivity contribution in [3.8, 4) is 0 Å². The molecule has 0 aliphatic rings. The smallest absolute Gasteiger partial charge is 0.306 e. The van der Waals surface area contributed by atoms with Gasteiger partial charge in [-0.15, -0.1) is 11.3 Å². The Kier molecular flexibility index (Phi) is 5.29. The van der Waals surface area contributed by atoms with E-state index in [9.17, 15) is 13.2 Å². The van der Waals surface area contributed by atoms with Crippen LogP contribution in [0.25, 0.3) is 0 Å². The first-order valence-electron chi connectivity index (χ1n) is 6.04. The van der Waals surface area contributed by atoms with Crippen LogP contribution in [0.1, 0.15) is 28.4 Å². The Hall–Kier alpha value is -0.630. The first kappa shape index (κ1) is 16.7. The largest absolute Gasteiger partial charge is 0.443 e. The van der Waals surface area contributed by atoms with Crippen LogP contribution >= 0.6 is 38.9 Å². The van der Waals surface area contributed by atoms with Gasteiger partial charge >= 0.3 is 6.18 Å². The van der Waals surface area contributed by atoms with Gasteiger partial charge in [0.15, 0.2) is 5.01 Å². The molecule has 0 amide bonds. The third-order valence-corrected chi connectivity index (χ3v) is 4.79. The Bertz CT molecular complexity index is 630. The van der Waals surface area contributed by atoms with Crippen LogP contribution in [0.4, 0.5) is 13.2 Å². The third kappa shape index (κ3) is 3.97. The highest BCUT2D eigenvalue weighted by Crippen LogP contribution is 2.38. The molecule has 2 rings (SSSR count). The molecule has 114 valence electrons. The number of alkyl halides is 3. The van der Waals surface area contributed by atoms with Crippen LogP contribution < -0.4 is 5.32 Å². The molecule has 8 heteroatoms. The van der Waals surface area contributed by atoms with Gasteiger partial charge in [-0.3, -0.25) is 0 Å². The molecular formula is C13H11BrClF3N2S. The van der Waals surface area contributed by atoms with E-state index >= 15 is 0 Å². The lowest BCUT2D eigenvalue weighted by Crippen LogP contribution is -2.21. The molecule has 1 aromatic carbocycles. The number of benzene rings is 1. The van der Waals surface area contributed by atoms with Gasteiger partial charge in [-0.1, -0.05) is 34.5 Å². The average Bonchev–Trinajstić information content (AvgIpc) is 2.88. The predicted octanol–water partition coefficient (Wildman–Crippen LogP) is 5.28. The van der Waals surface area contributed by atoms with E-state index in [1.54, 1.807) is 18.2 Å². The normalized spacial score (nSPS) is 13.4. The Balaban J connectivity index is 2.44. The van der Waals surface area contributed by atoms with Crippen molar-refractivity contribution in [2.75, 3.05) is 6.54 Å². The molecule has 0 aliphatic heterocycles. The number of nitrogens with one attached hydrogen (secondary N) is 1. The van der Waals surface area contributed by atoms with Gasteiger partial charge < -0.3 is 5.32 Å². The van der Waals surface area contributed by atoms with E-state index in [1.807, 2.05) is 6.92 Å². The zero-order valence-corrected chi connectivity index (χ0v) is 14.0. The van der Waals surface area contributed by atoms with Gasteiger partial charge in [0.05, 0.1) is 6.04 Å². The van der Waals surface area contributed by atoms with Crippen molar-refractivity contribution in [2.45, 2.75) is 19.1 Å². The number of thiazole rings is 1. The van der Waals surface area contributed by atoms with Gasteiger partial charge in [-0.05, 0) is 30.3 Å². The Morgan fingerprint density at radius 2 is 2.14 bits per heavy atom. The molecular weight excluding hydrogens is 389 g/mol. The zero-order chi connectivity index (χ0) is 15.6. The van der Waals surface area contributed by atoms with Crippen molar-refractivity contribution in [3.63, 3.8) is 0 Å². The lowest BCUT2D eigenvalue weighted by atomic mass is 10.1. The third-order valence-electron chi connectivity index (χ3n) is 2.73. The molecule has 0 saturated carbocycles. The van der Waals surface area contributed by atoms with Crippen LogP contribution in [-0.2, 0) is 6.18 Å². The number of hydrogen-bond acceptors (Lipinski definition) is 3. The summed E-state index contributed by atoms with van der Waals surface area (Å²) in [6.07, 6.45) is -3.17. The second-order valence-electron chi connectivity index (χ2n) is 4.22. The minimum atomic E-state index is -4.43. The van der Waals surface area contributed by atoms with Gasteiger partial charge in [-0.2, -0.15) is 13.2 Å². The van der Waals surface area contributed by atoms with E-state index in [1.165, 1.54) is 6.20 Å². The number of nitrogens with zero attached hydrogens (tertiary/aromatic N) is 1. The van der Waals surface area contributed by atoms with Crippen LogP contribution in [0.15, 0.2) is 28.9 Å². The maximum absolute atomic E-state index is 12.7. The topological polar surface area (TPSA) is 24.9 Å². The van der Waals surface area contributed by atoms with Crippen molar-refractivity contribution < 1.29 is 13.2 Å². The number of halogens is 5. The van der Waals surface area contributed by atoms with Crippen LogP contribution in [-0.4, -0.2) is 11.5 Å². The van der Waals surface area contributed by atoms with E-state index < -0.39 is 17.2 Å². The molecule has 0 aliphatic carbocycles. The highest BCUT2D eigenvalue weighted by Gasteiger charge is 2.35. The van der Waals surface area contributed by atoms with E-state index in [0.29, 0.717) is 27.8 Å². The summed E-state index contributed by atoms with van der Waals surface area (Å²) >= 11 is 10.0. The lowest BCUT2D eigenvalue weighted by Gasteiger charge is -2.18. The summed E-state index contributed by atoms with van der Waals surface area (Å²) in [5.74, 6) is 0. The van der Waals surface area contributed by atoms with Gasteiger partial charge in [0, 0.05) is 20.6 Å². The summed E-state index contributed by atoms with van der Waals surface area (Å²) in [6, 6.07) is 4.82. The SMILES string of the molecule is CCNC(c1cnc(C(F)(F)F)s1)c1cc(Cl)ccc1Br. The molecule has 0 radical (unpaired) electrons. The maximum atomic E-state index is 12.7. The average molecular weight is 400 g/mol. The highest BCUT2D eigenvalue weighted by molar-refractivity contribution is 9.10. The molecule has 1 unspecified atom stereocenters. The number of hydrogen-bond donors (Lipinski definition) is 1. The van der Waals surface area contributed by atoms with Crippen molar-refractivity contribution >= 4 is 38.9 Å². The molecule has 1 atom stereocenters. The summed E-state index contributed by atoms with van der Waals surface area (Å²) in [4.78, 5) is 3.97. The summed E-state index contributed by atoms with van der Waals surface area (Å²) in [6.45, 7) is 2.49. The first-order chi connectivity index (χ1) is 9.82. The quantitative estimate of drug-likeness (QED) is 0.757. The van der Waals surface area contributed by atoms with Gasteiger partial charge in [0.25, 0.3) is 0 Å². The maximum Gasteiger partial charge on any atom is 0.443 e. The van der Waals surface area contributed by atoms with Crippen LogP contribution in [0.3, 0.4) is 0 Å². The predicted molar refractivity (Wildman–Crippen MR) is 81.8 cm³/mol. The summed E-state index contributed by atoms with van der Waals surface area (Å²) in [7, 11) is 0. The molecule has 2 nitrogen and oxygen atoms in total. The Labute approximate surface area is 137 Å². The van der Waals surface area contributed by atoms with E-state index in [0.717, 1.165) is 10.0 Å². The summed E-state index contributed by atoms with van der Waals surface area (Å²) in [5, 5.41) is 2.84. The minimum absolute atomic E-state index is 0.392. The van der Waals surface area contributed by atoms with Crippen LogP contribution in [0.2, 0.25) is 5.02 Å². The molecule has 0 bridgehead atoms. The van der Waals surface area contributed by atoms with Crippen LogP contribution in [0.5, 0.6) is 0 Å². The molecule has 0 spiro atoms. The van der Waals surface area contributed by atoms with Crippen LogP contribution in [0, 0.1) is 0 Å². The first-order valence-corrected chi connectivity index (χ1v) is 8.03. The molecule has 1 heterocycles. The molecule has 0 fully saturated rings. The molecule has 1 N–H and O–H groups in total. The lowest BCUT2D eigenvalue weighted by molar-refractivity contribution is -0.137. The second kappa shape index (κ2) is 6.64. The number of aromatic nitrogens is 1. The second-order valence-corrected chi connectivity index (χ2v) is 6.58.